The van der Waals surface area contributed by atoms with Crippen LogP contribution in [0.3, 0.4) is 0 Å². The summed E-state index contributed by atoms with van der Waals surface area (Å²) in [5, 5.41) is 13.9. The molecule has 21 heavy (non-hydrogen) atoms. The number of para-hydroxylation sites is 1. The third-order valence-corrected chi connectivity index (χ3v) is 2.90. The van der Waals surface area contributed by atoms with E-state index < -0.39 is 10.7 Å². The van der Waals surface area contributed by atoms with Crippen molar-refractivity contribution in [2.75, 3.05) is 11.9 Å². The molecule has 0 fully saturated rings. The van der Waals surface area contributed by atoms with Gasteiger partial charge in [0, 0.05) is 12.1 Å². The highest BCUT2D eigenvalue weighted by Gasteiger charge is 2.15. The molecule has 0 radical (unpaired) electrons. The third kappa shape index (κ3) is 3.68. The maximum atomic E-state index is 13.1. The van der Waals surface area contributed by atoms with E-state index in [0.717, 1.165) is 17.4 Å². The van der Waals surface area contributed by atoms with Gasteiger partial charge in [0.2, 0.25) is 0 Å². The van der Waals surface area contributed by atoms with E-state index >= 15 is 0 Å². The molecule has 2 aromatic rings. The van der Waals surface area contributed by atoms with Crippen molar-refractivity contribution < 1.29 is 14.1 Å². The van der Waals surface area contributed by atoms with Crippen molar-refractivity contribution >= 4 is 11.4 Å². The van der Waals surface area contributed by atoms with Gasteiger partial charge >= 0.3 is 0 Å². The summed E-state index contributed by atoms with van der Waals surface area (Å²) in [7, 11) is 0. The Hall–Kier alpha value is -2.63. The summed E-state index contributed by atoms with van der Waals surface area (Å²) < 4.78 is 18.6. The molecule has 0 bridgehead atoms. The lowest BCUT2D eigenvalue weighted by molar-refractivity contribution is -0.384. The molecule has 2 aromatic carbocycles. The Balaban J connectivity index is 2.19. The Kier molecular flexibility index (Phi) is 4.71. The highest BCUT2D eigenvalue weighted by Crippen LogP contribution is 2.26. The van der Waals surface area contributed by atoms with Crippen LogP contribution in [0.1, 0.15) is 12.5 Å². The summed E-state index contributed by atoms with van der Waals surface area (Å²) in [5.74, 6) is 0.0826. The van der Waals surface area contributed by atoms with Gasteiger partial charge in [0.15, 0.2) is 0 Å². The molecule has 2 rings (SSSR count). The summed E-state index contributed by atoms with van der Waals surface area (Å²) in [6, 6.07) is 10.9. The summed E-state index contributed by atoms with van der Waals surface area (Å²) in [5.41, 5.74) is 0.856. The van der Waals surface area contributed by atoms with Gasteiger partial charge in [0.25, 0.3) is 5.69 Å². The monoisotopic (exact) mass is 290 g/mol. The van der Waals surface area contributed by atoms with E-state index in [0.29, 0.717) is 13.2 Å². The van der Waals surface area contributed by atoms with Crippen molar-refractivity contribution in [1.29, 1.82) is 0 Å². The number of ether oxygens (including phenoxy) is 1. The number of benzene rings is 2. The average molecular weight is 290 g/mol. The Morgan fingerprint density at radius 3 is 2.76 bits per heavy atom. The van der Waals surface area contributed by atoms with Crippen molar-refractivity contribution in [3.8, 4) is 5.75 Å². The Labute approximate surface area is 121 Å². The number of nitro groups is 1. The molecule has 0 atom stereocenters. The lowest BCUT2D eigenvalue weighted by Crippen LogP contribution is -2.05. The number of halogens is 1. The van der Waals surface area contributed by atoms with Gasteiger partial charge in [0.05, 0.1) is 17.6 Å². The van der Waals surface area contributed by atoms with E-state index in [1.54, 1.807) is 0 Å². The summed E-state index contributed by atoms with van der Waals surface area (Å²) >= 11 is 0. The van der Waals surface area contributed by atoms with Crippen molar-refractivity contribution in [1.82, 2.24) is 0 Å². The molecule has 0 heterocycles. The molecule has 110 valence electrons. The number of rotatable bonds is 6. The first kappa shape index (κ1) is 14.8. The van der Waals surface area contributed by atoms with Crippen LogP contribution < -0.4 is 10.1 Å². The van der Waals surface area contributed by atoms with Crippen LogP contribution in [0.15, 0.2) is 42.5 Å². The fraction of sp³-hybridized carbons (Fsp3) is 0.200. The maximum absolute atomic E-state index is 13.1. The van der Waals surface area contributed by atoms with Crippen LogP contribution in [0.2, 0.25) is 0 Å². The first-order valence-electron chi connectivity index (χ1n) is 6.50. The fourth-order valence-electron chi connectivity index (χ4n) is 1.94. The quantitative estimate of drug-likeness (QED) is 0.650. The second-order valence-electron chi connectivity index (χ2n) is 4.31. The number of nitro benzene ring substituents is 1. The molecule has 0 unspecified atom stereocenters. The predicted molar refractivity (Wildman–Crippen MR) is 78.0 cm³/mol. The van der Waals surface area contributed by atoms with Crippen molar-refractivity contribution in [3.63, 3.8) is 0 Å². The number of hydrogen-bond donors (Lipinski definition) is 1. The average Bonchev–Trinajstić information content (AvgIpc) is 2.47. The molecule has 0 aliphatic carbocycles. The molecular weight excluding hydrogens is 275 g/mol. The molecule has 0 spiro atoms. The molecule has 0 aliphatic heterocycles. The number of anilines is 1. The largest absolute Gasteiger partial charge is 0.494 e. The van der Waals surface area contributed by atoms with Crippen LogP contribution in [0.4, 0.5) is 15.8 Å². The number of nitrogens with zero attached hydrogens (tertiary/aromatic N) is 1. The minimum absolute atomic E-state index is 0.271. The van der Waals surface area contributed by atoms with Gasteiger partial charge in [-0.15, -0.1) is 0 Å². The highest BCUT2D eigenvalue weighted by molar-refractivity contribution is 5.61. The van der Waals surface area contributed by atoms with Crippen LogP contribution in [0, 0.1) is 15.9 Å². The van der Waals surface area contributed by atoms with E-state index in [2.05, 4.69) is 5.32 Å². The Bertz CT molecular complexity index is 647. The van der Waals surface area contributed by atoms with Gasteiger partial charge < -0.3 is 10.1 Å². The maximum Gasteiger partial charge on any atom is 0.295 e. The van der Waals surface area contributed by atoms with Crippen LogP contribution >= 0.6 is 0 Å². The Morgan fingerprint density at radius 1 is 1.29 bits per heavy atom. The van der Waals surface area contributed by atoms with Gasteiger partial charge in [0.1, 0.15) is 17.3 Å². The zero-order valence-corrected chi connectivity index (χ0v) is 11.5. The molecule has 0 saturated carbocycles. The summed E-state index contributed by atoms with van der Waals surface area (Å²) in [6.45, 7) is 2.77. The third-order valence-electron chi connectivity index (χ3n) is 2.90. The van der Waals surface area contributed by atoms with Crippen molar-refractivity contribution in [2.24, 2.45) is 0 Å². The van der Waals surface area contributed by atoms with E-state index in [-0.39, 0.29) is 11.4 Å². The minimum Gasteiger partial charge on any atom is -0.494 e. The zero-order chi connectivity index (χ0) is 15.2. The summed E-state index contributed by atoms with van der Waals surface area (Å²) in [4.78, 5) is 10.3. The molecule has 0 saturated heterocycles. The van der Waals surface area contributed by atoms with Crippen LogP contribution in [-0.4, -0.2) is 11.5 Å². The molecule has 0 amide bonds. The van der Waals surface area contributed by atoms with E-state index in [9.17, 15) is 14.5 Å². The van der Waals surface area contributed by atoms with E-state index in [1.165, 1.54) is 12.1 Å². The minimum atomic E-state index is -0.637. The number of hydrogen-bond acceptors (Lipinski definition) is 4. The van der Waals surface area contributed by atoms with Crippen molar-refractivity contribution in [2.45, 2.75) is 13.5 Å². The molecule has 6 heteroatoms. The van der Waals surface area contributed by atoms with Crippen LogP contribution in [-0.2, 0) is 6.54 Å². The topological polar surface area (TPSA) is 64.4 Å². The molecule has 5 nitrogen and oxygen atoms in total. The Morgan fingerprint density at radius 2 is 2.05 bits per heavy atom. The molecule has 0 aromatic heterocycles. The molecule has 0 aliphatic rings. The van der Waals surface area contributed by atoms with Crippen LogP contribution in [0.25, 0.3) is 0 Å². The molecule has 1 N–H and O–H groups in total. The lowest BCUT2D eigenvalue weighted by Gasteiger charge is -2.11. The molecular formula is C15H15FN2O3. The fourth-order valence-corrected chi connectivity index (χ4v) is 1.94. The first-order valence-corrected chi connectivity index (χ1v) is 6.50. The smallest absolute Gasteiger partial charge is 0.295 e. The lowest BCUT2D eigenvalue weighted by atomic mass is 10.2. The standard InChI is InChI=1S/C15H15FN2O3/c1-2-21-15-6-4-3-5-11(15)10-17-13-8-7-12(16)9-14(13)18(19)20/h3-9,17H,2,10H2,1H3. The second-order valence-corrected chi connectivity index (χ2v) is 4.31. The SMILES string of the molecule is CCOc1ccccc1CNc1ccc(F)cc1[N+](=O)[O-]. The summed E-state index contributed by atoms with van der Waals surface area (Å²) in [6.07, 6.45) is 0. The van der Waals surface area contributed by atoms with Gasteiger partial charge in [-0.05, 0) is 25.1 Å². The first-order chi connectivity index (χ1) is 10.1. The van der Waals surface area contributed by atoms with Gasteiger partial charge in [-0.2, -0.15) is 0 Å². The van der Waals surface area contributed by atoms with Crippen molar-refractivity contribution in [3.05, 3.63) is 64.0 Å². The van der Waals surface area contributed by atoms with E-state index in [4.69, 9.17) is 4.74 Å². The second kappa shape index (κ2) is 6.69. The normalized spacial score (nSPS) is 10.2. The van der Waals surface area contributed by atoms with E-state index in [1.807, 2.05) is 31.2 Å². The highest BCUT2D eigenvalue weighted by atomic mass is 19.1. The van der Waals surface area contributed by atoms with Gasteiger partial charge in [-0.3, -0.25) is 10.1 Å². The van der Waals surface area contributed by atoms with Crippen LogP contribution in [0.5, 0.6) is 5.75 Å². The predicted octanol–water partition coefficient (Wildman–Crippen LogP) is 3.74. The number of nitrogens with one attached hydrogen (secondary N) is 1. The van der Waals surface area contributed by atoms with Gasteiger partial charge in [-0.25, -0.2) is 4.39 Å². The van der Waals surface area contributed by atoms with Gasteiger partial charge in [-0.1, -0.05) is 18.2 Å². The zero-order valence-electron chi connectivity index (χ0n) is 11.5.